The summed E-state index contributed by atoms with van der Waals surface area (Å²) in [5.74, 6) is 0.282. The van der Waals surface area contributed by atoms with Crippen LogP contribution < -0.4 is 11.1 Å². The number of hydrogen-bond acceptors (Lipinski definition) is 4. The summed E-state index contributed by atoms with van der Waals surface area (Å²) in [4.78, 5) is 15.5. The molecule has 2 aliphatic rings. The topological polar surface area (TPSA) is 88.2 Å². The fraction of sp³-hybridized carbons (Fsp3) is 0.625. The Labute approximate surface area is 135 Å². The molecule has 6 heteroatoms. The summed E-state index contributed by atoms with van der Waals surface area (Å²) in [6, 6.07) is 1.90. The Morgan fingerprint density at radius 2 is 2.09 bits per heavy atom. The van der Waals surface area contributed by atoms with Crippen molar-refractivity contribution >= 4 is 23.2 Å². The van der Waals surface area contributed by atoms with Crippen LogP contribution in [0.4, 0.5) is 5.69 Å². The highest BCUT2D eigenvalue weighted by Gasteiger charge is 2.44. The Morgan fingerprint density at radius 3 is 2.68 bits per heavy atom. The van der Waals surface area contributed by atoms with Gasteiger partial charge in [-0.1, -0.05) is 18.0 Å². The lowest BCUT2D eigenvalue weighted by atomic mass is 9.63. The number of halogens is 1. The zero-order valence-corrected chi connectivity index (χ0v) is 13.4. The lowest BCUT2D eigenvalue weighted by Crippen LogP contribution is -2.51. The van der Waals surface area contributed by atoms with E-state index in [1.807, 2.05) is 6.92 Å². The first kappa shape index (κ1) is 15.6. The minimum Gasteiger partial charge on any atom is -0.390 e. The van der Waals surface area contributed by atoms with Crippen LogP contribution in [0, 0.1) is 11.8 Å². The number of hydrogen-bond donors (Lipinski definition) is 3. The molecule has 0 radical (unpaired) electrons. The first-order chi connectivity index (χ1) is 10.4. The second kappa shape index (κ2) is 5.70. The molecule has 1 heterocycles. The standard InChI is InChI=1S/C16H22ClN3O2/c1-16(22)6-9-3-2-4-10(7-16)14(9)20-12-5-13(17)19-8-11(12)15(18)21/h5,8-10,14,22H,2-4,6-7H2,1H3,(H2,18,21)(H,19,20)/t9-,10+,14-,16-. The van der Waals surface area contributed by atoms with Crippen molar-refractivity contribution in [2.24, 2.45) is 17.6 Å². The average Bonchev–Trinajstić information content (AvgIpc) is 2.39. The highest BCUT2D eigenvalue weighted by molar-refractivity contribution is 6.29. The van der Waals surface area contributed by atoms with E-state index in [9.17, 15) is 9.90 Å². The molecule has 0 spiro atoms. The Hall–Kier alpha value is -1.33. The van der Waals surface area contributed by atoms with Gasteiger partial charge in [-0.25, -0.2) is 4.98 Å². The summed E-state index contributed by atoms with van der Waals surface area (Å²) in [6.07, 6.45) is 6.37. The number of fused-ring (bicyclic) bond motifs is 2. The molecule has 120 valence electrons. The van der Waals surface area contributed by atoms with Crippen LogP contribution in [0.2, 0.25) is 5.15 Å². The minimum atomic E-state index is -0.587. The molecule has 1 aromatic rings. The number of carbonyl (C=O) groups excluding carboxylic acids is 1. The number of nitrogens with one attached hydrogen (secondary N) is 1. The van der Waals surface area contributed by atoms with E-state index in [4.69, 9.17) is 17.3 Å². The van der Waals surface area contributed by atoms with Gasteiger partial charge in [-0.05, 0) is 50.5 Å². The van der Waals surface area contributed by atoms with Crippen molar-refractivity contribution in [1.29, 1.82) is 0 Å². The van der Waals surface area contributed by atoms with Crippen LogP contribution in [0.3, 0.4) is 0 Å². The van der Waals surface area contributed by atoms with Crippen molar-refractivity contribution < 1.29 is 9.90 Å². The van der Waals surface area contributed by atoms with Crippen LogP contribution in [-0.4, -0.2) is 27.6 Å². The third-order valence-corrected chi connectivity index (χ3v) is 5.23. The van der Waals surface area contributed by atoms with E-state index in [1.165, 1.54) is 12.6 Å². The number of anilines is 1. The summed E-state index contributed by atoms with van der Waals surface area (Å²) in [5.41, 5.74) is 5.85. The van der Waals surface area contributed by atoms with Crippen molar-refractivity contribution in [3.63, 3.8) is 0 Å². The lowest BCUT2D eigenvalue weighted by Gasteiger charge is -2.49. The number of pyridine rings is 1. The SMILES string of the molecule is C[C@@]1(O)C[C@H]2CCC[C@@H](C1)[C@@H]2Nc1cc(Cl)ncc1C(N)=O. The molecule has 3 rings (SSSR count). The first-order valence-corrected chi connectivity index (χ1v) is 8.18. The van der Waals surface area contributed by atoms with Gasteiger partial charge in [0.25, 0.3) is 5.91 Å². The van der Waals surface area contributed by atoms with Gasteiger partial charge >= 0.3 is 0 Å². The third kappa shape index (κ3) is 3.06. The Kier molecular flexibility index (Phi) is 4.03. The number of nitrogens with zero attached hydrogens (tertiary/aromatic N) is 1. The molecule has 0 aromatic carbocycles. The molecule has 1 amide bonds. The van der Waals surface area contributed by atoms with E-state index in [0.717, 1.165) is 25.7 Å². The summed E-state index contributed by atoms with van der Waals surface area (Å²) in [6.45, 7) is 1.92. The number of aliphatic hydroxyl groups is 1. The molecule has 4 N–H and O–H groups in total. The smallest absolute Gasteiger partial charge is 0.252 e. The van der Waals surface area contributed by atoms with E-state index in [2.05, 4.69) is 10.3 Å². The van der Waals surface area contributed by atoms with Crippen molar-refractivity contribution in [2.45, 2.75) is 50.7 Å². The van der Waals surface area contributed by atoms with Gasteiger partial charge in [-0.15, -0.1) is 0 Å². The monoisotopic (exact) mass is 323 g/mol. The second-order valence-corrected chi connectivity index (χ2v) is 7.33. The number of amides is 1. The van der Waals surface area contributed by atoms with Crippen molar-refractivity contribution in [1.82, 2.24) is 4.98 Å². The maximum Gasteiger partial charge on any atom is 0.252 e. The van der Waals surface area contributed by atoms with E-state index < -0.39 is 11.5 Å². The van der Waals surface area contributed by atoms with Crippen molar-refractivity contribution in [3.05, 3.63) is 23.0 Å². The highest BCUT2D eigenvalue weighted by atomic mass is 35.5. The van der Waals surface area contributed by atoms with Gasteiger partial charge in [0.1, 0.15) is 5.15 Å². The summed E-state index contributed by atoms with van der Waals surface area (Å²) >= 11 is 5.96. The Balaban J connectivity index is 1.87. The number of aromatic nitrogens is 1. The summed E-state index contributed by atoms with van der Waals surface area (Å²) in [7, 11) is 0. The van der Waals surface area contributed by atoms with E-state index in [-0.39, 0.29) is 6.04 Å². The number of primary amides is 1. The fourth-order valence-electron chi connectivity index (χ4n) is 4.22. The number of rotatable bonds is 3. The molecule has 5 nitrogen and oxygen atoms in total. The van der Waals surface area contributed by atoms with Gasteiger partial charge in [0.05, 0.1) is 16.9 Å². The minimum absolute atomic E-state index is 0.241. The van der Waals surface area contributed by atoms with Crippen LogP contribution in [0.5, 0.6) is 0 Å². The fourth-order valence-corrected chi connectivity index (χ4v) is 4.38. The molecule has 2 saturated carbocycles. The second-order valence-electron chi connectivity index (χ2n) is 6.94. The normalized spacial score (nSPS) is 34.2. The van der Waals surface area contributed by atoms with Gasteiger partial charge in [-0.2, -0.15) is 0 Å². The Bertz CT molecular complexity index is 575. The van der Waals surface area contributed by atoms with Crippen molar-refractivity contribution in [3.8, 4) is 0 Å². The van der Waals surface area contributed by atoms with Gasteiger partial charge in [0, 0.05) is 12.2 Å². The third-order valence-electron chi connectivity index (χ3n) is 5.03. The first-order valence-electron chi connectivity index (χ1n) is 7.80. The van der Waals surface area contributed by atoms with Gasteiger partial charge in [0.15, 0.2) is 0 Å². The molecule has 0 aliphatic heterocycles. The van der Waals surface area contributed by atoms with Crippen LogP contribution in [0.1, 0.15) is 49.4 Å². The number of carbonyl (C=O) groups is 1. The predicted octanol–water partition coefficient (Wildman–Crippen LogP) is 2.58. The molecule has 22 heavy (non-hydrogen) atoms. The van der Waals surface area contributed by atoms with Gasteiger partial charge in [0.2, 0.25) is 0 Å². The van der Waals surface area contributed by atoms with Gasteiger partial charge in [-0.3, -0.25) is 4.79 Å². The Morgan fingerprint density at radius 1 is 1.45 bits per heavy atom. The molecule has 2 fully saturated rings. The van der Waals surface area contributed by atoms with Crippen molar-refractivity contribution in [2.75, 3.05) is 5.32 Å². The zero-order valence-electron chi connectivity index (χ0n) is 12.7. The summed E-state index contributed by atoms with van der Waals surface area (Å²) in [5, 5.41) is 14.2. The maximum absolute atomic E-state index is 11.6. The summed E-state index contributed by atoms with van der Waals surface area (Å²) < 4.78 is 0. The zero-order chi connectivity index (χ0) is 15.9. The number of nitrogens with two attached hydrogens (primary N) is 1. The van der Waals surface area contributed by atoms with Crippen LogP contribution in [0.25, 0.3) is 0 Å². The largest absolute Gasteiger partial charge is 0.390 e. The van der Waals surface area contributed by atoms with E-state index in [1.54, 1.807) is 6.07 Å². The molecule has 1 aromatic heterocycles. The molecule has 4 atom stereocenters. The highest BCUT2D eigenvalue weighted by Crippen LogP contribution is 2.45. The maximum atomic E-state index is 11.6. The molecule has 2 bridgehead atoms. The predicted molar refractivity (Wildman–Crippen MR) is 85.9 cm³/mol. The van der Waals surface area contributed by atoms with Crippen LogP contribution in [-0.2, 0) is 0 Å². The van der Waals surface area contributed by atoms with E-state index >= 15 is 0 Å². The molecular formula is C16H22ClN3O2. The lowest BCUT2D eigenvalue weighted by molar-refractivity contribution is -0.0432. The van der Waals surface area contributed by atoms with Gasteiger partial charge < -0.3 is 16.2 Å². The van der Waals surface area contributed by atoms with Crippen LogP contribution >= 0.6 is 11.6 Å². The quantitative estimate of drug-likeness (QED) is 0.746. The molecule has 2 aliphatic carbocycles. The molecular weight excluding hydrogens is 302 g/mol. The molecule has 0 unspecified atom stereocenters. The average molecular weight is 324 g/mol. The van der Waals surface area contributed by atoms with Crippen LogP contribution in [0.15, 0.2) is 12.3 Å². The van der Waals surface area contributed by atoms with E-state index in [0.29, 0.717) is 28.2 Å². The molecule has 0 saturated heterocycles.